The maximum atomic E-state index is 4.58. The summed E-state index contributed by atoms with van der Waals surface area (Å²) in [4.78, 5) is 0. The molecule has 1 N–H and O–H groups in total. The molecule has 1 atom stereocenters. The van der Waals surface area contributed by atoms with E-state index in [0.29, 0.717) is 6.04 Å². The van der Waals surface area contributed by atoms with E-state index >= 15 is 0 Å². The summed E-state index contributed by atoms with van der Waals surface area (Å²) < 4.78 is 2.11. The third-order valence-corrected chi connectivity index (χ3v) is 3.40. The number of piperidine rings is 1. The molecular formula is C12H21N3. The van der Waals surface area contributed by atoms with Gasteiger partial charge in [0.05, 0.1) is 5.69 Å². The second kappa shape index (κ2) is 4.35. The first-order valence-corrected chi connectivity index (χ1v) is 6.01. The lowest BCUT2D eigenvalue weighted by Crippen LogP contribution is -2.27. The van der Waals surface area contributed by atoms with Crippen molar-refractivity contribution in [1.82, 2.24) is 15.1 Å². The molecule has 1 aliphatic heterocycles. The van der Waals surface area contributed by atoms with Crippen molar-refractivity contribution >= 4 is 0 Å². The molecule has 1 aromatic heterocycles. The largest absolute Gasteiger partial charge is 0.310 e. The molecule has 2 heterocycles. The Hall–Kier alpha value is -0.830. The van der Waals surface area contributed by atoms with Gasteiger partial charge in [0.2, 0.25) is 0 Å². The zero-order valence-electron chi connectivity index (χ0n) is 10.0. The molecule has 1 saturated heterocycles. The van der Waals surface area contributed by atoms with E-state index < -0.39 is 0 Å². The van der Waals surface area contributed by atoms with Crippen LogP contribution in [0.3, 0.4) is 0 Å². The Bertz CT molecular complexity index is 335. The predicted molar refractivity (Wildman–Crippen MR) is 62.0 cm³/mol. The molecule has 1 unspecified atom stereocenters. The molecule has 0 aromatic carbocycles. The topological polar surface area (TPSA) is 29.9 Å². The highest BCUT2D eigenvalue weighted by Crippen LogP contribution is 2.27. The van der Waals surface area contributed by atoms with E-state index in [1.54, 1.807) is 0 Å². The van der Waals surface area contributed by atoms with Crippen molar-refractivity contribution in [2.24, 2.45) is 0 Å². The number of nitrogens with zero attached hydrogens (tertiary/aromatic N) is 2. The highest BCUT2D eigenvalue weighted by Gasteiger charge is 2.21. The minimum atomic E-state index is 0.541. The lowest BCUT2D eigenvalue weighted by Gasteiger charge is -2.24. The normalized spacial score (nSPS) is 21.9. The number of aromatic nitrogens is 2. The molecule has 0 saturated carbocycles. The van der Waals surface area contributed by atoms with E-state index in [2.05, 4.69) is 35.9 Å². The van der Waals surface area contributed by atoms with E-state index in [1.807, 2.05) is 0 Å². The van der Waals surface area contributed by atoms with Gasteiger partial charge in [0, 0.05) is 23.8 Å². The summed E-state index contributed by atoms with van der Waals surface area (Å²) in [5, 5.41) is 8.18. The van der Waals surface area contributed by atoms with Crippen LogP contribution >= 0.6 is 0 Å². The Morgan fingerprint density at radius 3 is 2.73 bits per heavy atom. The average Bonchev–Trinajstić information content (AvgIpc) is 2.55. The number of rotatable bonds is 2. The van der Waals surface area contributed by atoms with Crippen molar-refractivity contribution in [3.8, 4) is 0 Å². The molecule has 84 valence electrons. The first-order chi connectivity index (χ1) is 7.24. The van der Waals surface area contributed by atoms with Gasteiger partial charge in [0.25, 0.3) is 0 Å². The van der Waals surface area contributed by atoms with Gasteiger partial charge in [-0.25, -0.2) is 0 Å². The first kappa shape index (κ1) is 10.7. The molecule has 3 nitrogen and oxygen atoms in total. The van der Waals surface area contributed by atoms with Crippen molar-refractivity contribution < 1.29 is 0 Å². The third-order valence-electron chi connectivity index (χ3n) is 3.40. The third kappa shape index (κ3) is 1.93. The zero-order chi connectivity index (χ0) is 10.8. The molecule has 1 fully saturated rings. The summed E-state index contributed by atoms with van der Waals surface area (Å²) >= 11 is 0. The van der Waals surface area contributed by atoms with Gasteiger partial charge in [-0.15, -0.1) is 0 Å². The molecule has 3 heteroatoms. The van der Waals surface area contributed by atoms with Crippen LogP contribution in [0, 0.1) is 13.8 Å². The van der Waals surface area contributed by atoms with Crippen molar-refractivity contribution in [3.05, 3.63) is 17.0 Å². The van der Waals surface area contributed by atoms with Gasteiger partial charge in [0.1, 0.15) is 0 Å². The smallest absolute Gasteiger partial charge is 0.0644 e. The Morgan fingerprint density at radius 1 is 1.40 bits per heavy atom. The second-order valence-corrected chi connectivity index (χ2v) is 4.40. The van der Waals surface area contributed by atoms with Crippen molar-refractivity contribution in [2.45, 2.75) is 52.6 Å². The van der Waals surface area contributed by atoms with Crippen LogP contribution in [-0.4, -0.2) is 16.3 Å². The van der Waals surface area contributed by atoms with Crippen LogP contribution in [0.1, 0.15) is 49.2 Å². The molecule has 0 aliphatic carbocycles. The van der Waals surface area contributed by atoms with Crippen LogP contribution in [0.2, 0.25) is 0 Å². The fourth-order valence-electron chi connectivity index (χ4n) is 2.62. The summed E-state index contributed by atoms with van der Waals surface area (Å²) in [5.74, 6) is 0. The Balaban J connectivity index is 2.29. The molecule has 15 heavy (non-hydrogen) atoms. The van der Waals surface area contributed by atoms with Gasteiger partial charge in [-0.05, 0) is 40.2 Å². The zero-order valence-corrected chi connectivity index (χ0v) is 10.0. The van der Waals surface area contributed by atoms with Crippen molar-refractivity contribution in [3.63, 3.8) is 0 Å². The number of hydrogen-bond donors (Lipinski definition) is 1. The fourth-order valence-corrected chi connectivity index (χ4v) is 2.62. The summed E-state index contributed by atoms with van der Waals surface area (Å²) in [6.45, 7) is 8.59. The van der Waals surface area contributed by atoms with Crippen LogP contribution < -0.4 is 5.32 Å². The van der Waals surface area contributed by atoms with Gasteiger partial charge in [-0.3, -0.25) is 4.68 Å². The molecule has 0 spiro atoms. The quantitative estimate of drug-likeness (QED) is 0.806. The maximum Gasteiger partial charge on any atom is 0.0644 e. The van der Waals surface area contributed by atoms with Crippen LogP contribution in [0.4, 0.5) is 0 Å². The number of hydrogen-bond acceptors (Lipinski definition) is 2. The molecule has 0 bridgehead atoms. The van der Waals surface area contributed by atoms with Gasteiger partial charge in [-0.1, -0.05) is 6.42 Å². The summed E-state index contributed by atoms with van der Waals surface area (Å²) in [6, 6.07) is 0.541. The monoisotopic (exact) mass is 207 g/mol. The van der Waals surface area contributed by atoms with E-state index in [4.69, 9.17) is 0 Å². The van der Waals surface area contributed by atoms with Crippen LogP contribution in [0.25, 0.3) is 0 Å². The predicted octanol–water partition coefficient (Wildman–Crippen LogP) is 2.33. The lowest BCUT2D eigenvalue weighted by atomic mass is 9.96. The Labute approximate surface area is 91.9 Å². The SMILES string of the molecule is CCn1nc(C)c(C2CCCCN2)c1C. The van der Waals surface area contributed by atoms with Crippen LogP contribution in [-0.2, 0) is 6.54 Å². The average molecular weight is 207 g/mol. The number of aryl methyl sites for hydroxylation is 2. The van der Waals surface area contributed by atoms with E-state index in [1.165, 1.54) is 36.2 Å². The highest BCUT2D eigenvalue weighted by molar-refractivity contribution is 5.28. The Morgan fingerprint density at radius 2 is 2.20 bits per heavy atom. The molecule has 2 rings (SSSR count). The standard InChI is InChI=1S/C12H21N3/c1-4-15-10(3)12(9(2)14-15)11-7-5-6-8-13-11/h11,13H,4-8H2,1-3H3. The molecule has 1 aromatic rings. The van der Waals surface area contributed by atoms with Gasteiger partial charge in [0.15, 0.2) is 0 Å². The van der Waals surface area contributed by atoms with Gasteiger partial charge >= 0.3 is 0 Å². The molecular weight excluding hydrogens is 186 g/mol. The molecule has 1 aliphatic rings. The van der Waals surface area contributed by atoms with E-state index in [-0.39, 0.29) is 0 Å². The maximum absolute atomic E-state index is 4.58. The summed E-state index contributed by atoms with van der Waals surface area (Å²) in [5.41, 5.74) is 3.99. The van der Waals surface area contributed by atoms with E-state index in [9.17, 15) is 0 Å². The van der Waals surface area contributed by atoms with E-state index in [0.717, 1.165) is 13.1 Å². The highest BCUT2D eigenvalue weighted by atomic mass is 15.3. The molecule has 0 amide bonds. The van der Waals surface area contributed by atoms with Crippen molar-refractivity contribution in [1.29, 1.82) is 0 Å². The molecule has 0 radical (unpaired) electrons. The van der Waals surface area contributed by atoms with Gasteiger partial charge < -0.3 is 5.32 Å². The van der Waals surface area contributed by atoms with Gasteiger partial charge in [-0.2, -0.15) is 5.10 Å². The number of nitrogens with one attached hydrogen (secondary N) is 1. The van der Waals surface area contributed by atoms with Crippen LogP contribution in [0.5, 0.6) is 0 Å². The van der Waals surface area contributed by atoms with Crippen LogP contribution in [0.15, 0.2) is 0 Å². The summed E-state index contributed by atoms with van der Waals surface area (Å²) in [7, 11) is 0. The lowest BCUT2D eigenvalue weighted by molar-refractivity contribution is 0.409. The van der Waals surface area contributed by atoms with Crippen molar-refractivity contribution in [2.75, 3.05) is 6.54 Å². The fraction of sp³-hybridized carbons (Fsp3) is 0.750. The Kier molecular flexibility index (Phi) is 3.10. The minimum Gasteiger partial charge on any atom is -0.310 e. The first-order valence-electron chi connectivity index (χ1n) is 6.01. The second-order valence-electron chi connectivity index (χ2n) is 4.40. The summed E-state index contributed by atoms with van der Waals surface area (Å²) in [6.07, 6.45) is 3.92. The minimum absolute atomic E-state index is 0.541.